The molecule has 2 N–H and O–H groups in total. The van der Waals surface area contributed by atoms with Gasteiger partial charge in [-0.3, -0.25) is 20.4 Å². The van der Waals surface area contributed by atoms with Crippen LogP contribution < -0.4 is 10.9 Å². The van der Waals surface area contributed by atoms with Gasteiger partial charge in [0, 0.05) is 27.7 Å². The fourth-order valence-corrected chi connectivity index (χ4v) is 2.62. The summed E-state index contributed by atoms with van der Waals surface area (Å²) in [4.78, 5) is 24.4. The minimum Gasteiger partial charge on any atom is -0.273 e. The number of amides is 2. The molecule has 4 nitrogen and oxygen atoms in total. The van der Waals surface area contributed by atoms with E-state index in [9.17, 15) is 9.59 Å². The Morgan fingerprint density at radius 3 is 2.32 bits per heavy atom. The van der Waals surface area contributed by atoms with E-state index in [0.29, 0.717) is 22.8 Å². The number of carbonyl (C=O) groups excluding carboxylic acids is 2. The first-order valence-corrected chi connectivity index (χ1v) is 8.04. The Morgan fingerprint density at radius 1 is 0.955 bits per heavy atom. The average molecular weight is 335 g/mol. The van der Waals surface area contributed by atoms with Gasteiger partial charge in [-0.25, -0.2) is 0 Å². The van der Waals surface area contributed by atoms with Crippen LogP contribution in [0.2, 0.25) is 5.02 Å². The lowest BCUT2D eigenvalue weighted by molar-refractivity contribution is -0.121. The van der Waals surface area contributed by atoms with Crippen molar-refractivity contribution in [3.63, 3.8) is 0 Å². The van der Waals surface area contributed by atoms with Crippen molar-refractivity contribution in [2.45, 2.75) is 11.3 Å². The third-order valence-corrected chi connectivity index (χ3v) is 4.03. The first kappa shape index (κ1) is 16.4. The van der Waals surface area contributed by atoms with Crippen molar-refractivity contribution >= 4 is 35.2 Å². The Balaban J connectivity index is 1.68. The van der Waals surface area contributed by atoms with E-state index < -0.39 is 0 Å². The van der Waals surface area contributed by atoms with Gasteiger partial charge in [-0.1, -0.05) is 29.8 Å². The Kier molecular flexibility index (Phi) is 6.30. The Hall–Kier alpha value is -1.98. The second-order valence-electron chi connectivity index (χ2n) is 4.42. The van der Waals surface area contributed by atoms with Gasteiger partial charge in [0.1, 0.15) is 0 Å². The molecule has 0 aliphatic rings. The highest BCUT2D eigenvalue weighted by Crippen LogP contribution is 2.20. The van der Waals surface area contributed by atoms with E-state index in [1.54, 1.807) is 36.0 Å². The minimum atomic E-state index is -0.334. The van der Waals surface area contributed by atoms with Crippen molar-refractivity contribution in [1.29, 1.82) is 0 Å². The first-order valence-electron chi connectivity index (χ1n) is 6.68. The van der Waals surface area contributed by atoms with Crippen LogP contribution in [0.4, 0.5) is 0 Å². The molecule has 0 radical (unpaired) electrons. The first-order chi connectivity index (χ1) is 10.6. The maximum absolute atomic E-state index is 11.7. The molecule has 0 saturated carbocycles. The molecule has 6 heteroatoms. The Bertz CT molecular complexity index is 632. The minimum absolute atomic E-state index is 0.231. The fraction of sp³-hybridized carbons (Fsp3) is 0.125. The number of hydrazine groups is 1. The van der Waals surface area contributed by atoms with Crippen molar-refractivity contribution in [3.8, 4) is 0 Å². The van der Waals surface area contributed by atoms with Crippen LogP contribution in [-0.4, -0.2) is 17.6 Å². The topological polar surface area (TPSA) is 58.2 Å². The average Bonchev–Trinajstić information content (AvgIpc) is 2.55. The highest BCUT2D eigenvalue weighted by atomic mass is 35.5. The van der Waals surface area contributed by atoms with Gasteiger partial charge in [-0.05, 0) is 36.4 Å². The van der Waals surface area contributed by atoms with Gasteiger partial charge in [0.15, 0.2) is 0 Å². The molecule has 0 bridgehead atoms. The third kappa shape index (κ3) is 5.42. The molecule has 0 aromatic heterocycles. The molecular formula is C16H15ClN2O2S. The van der Waals surface area contributed by atoms with Gasteiger partial charge in [0.05, 0.1) is 0 Å². The summed E-state index contributed by atoms with van der Waals surface area (Å²) < 4.78 is 0. The van der Waals surface area contributed by atoms with E-state index in [1.165, 1.54) is 0 Å². The largest absolute Gasteiger partial charge is 0.273 e. The summed E-state index contributed by atoms with van der Waals surface area (Å²) in [6, 6.07) is 16.1. The zero-order valence-electron chi connectivity index (χ0n) is 11.7. The van der Waals surface area contributed by atoms with E-state index in [1.807, 2.05) is 30.3 Å². The Labute approximate surface area is 138 Å². The molecule has 2 amide bonds. The molecule has 0 spiro atoms. The predicted octanol–water partition coefficient (Wildman–Crippen LogP) is 3.28. The number of hydrogen-bond donors (Lipinski definition) is 2. The lowest BCUT2D eigenvalue weighted by Crippen LogP contribution is -2.41. The van der Waals surface area contributed by atoms with Crippen LogP contribution in [0.25, 0.3) is 0 Å². The summed E-state index contributed by atoms with van der Waals surface area (Å²) in [6.45, 7) is 0. The van der Waals surface area contributed by atoms with Crippen LogP contribution in [0, 0.1) is 0 Å². The second kappa shape index (κ2) is 8.46. The monoisotopic (exact) mass is 334 g/mol. The lowest BCUT2D eigenvalue weighted by atomic mass is 10.2. The van der Waals surface area contributed by atoms with Gasteiger partial charge < -0.3 is 0 Å². The third-order valence-electron chi connectivity index (χ3n) is 2.76. The number of carbonyl (C=O) groups is 2. The van der Waals surface area contributed by atoms with Crippen LogP contribution in [-0.2, 0) is 4.79 Å². The van der Waals surface area contributed by atoms with Gasteiger partial charge in [-0.2, -0.15) is 0 Å². The molecule has 0 fully saturated rings. The van der Waals surface area contributed by atoms with Crippen LogP contribution in [0.1, 0.15) is 16.8 Å². The van der Waals surface area contributed by atoms with E-state index in [-0.39, 0.29) is 11.8 Å². The van der Waals surface area contributed by atoms with Crippen molar-refractivity contribution in [2.75, 3.05) is 5.75 Å². The van der Waals surface area contributed by atoms with E-state index in [0.717, 1.165) is 4.90 Å². The van der Waals surface area contributed by atoms with Gasteiger partial charge in [0.2, 0.25) is 5.91 Å². The van der Waals surface area contributed by atoms with Gasteiger partial charge in [0.25, 0.3) is 5.91 Å². The molecule has 0 saturated heterocycles. The maximum Gasteiger partial charge on any atom is 0.269 e. The van der Waals surface area contributed by atoms with Crippen molar-refractivity contribution < 1.29 is 9.59 Å². The number of halogens is 1. The Morgan fingerprint density at radius 2 is 1.64 bits per heavy atom. The molecule has 22 heavy (non-hydrogen) atoms. The zero-order valence-corrected chi connectivity index (χ0v) is 13.3. The van der Waals surface area contributed by atoms with Crippen molar-refractivity contribution in [1.82, 2.24) is 10.9 Å². The SMILES string of the molecule is O=C(CCSc1ccc(Cl)cc1)NNC(=O)c1ccccc1. The number of benzene rings is 2. The number of hydrogen-bond acceptors (Lipinski definition) is 3. The predicted molar refractivity (Wildman–Crippen MR) is 88.8 cm³/mol. The van der Waals surface area contributed by atoms with E-state index >= 15 is 0 Å². The summed E-state index contributed by atoms with van der Waals surface area (Å²) in [5.41, 5.74) is 5.29. The molecule has 0 aliphatic carbocycles. The van der Waals surface area contributed by atoms with Crippen molar-refractivity contribution in [3.05, 3.63) is 65.2 Å². The van der Waals surface area contributed by atoms with Crippen LogP contribution >= 0.6 is 23.4 Å². The van der Waals surface area contributed by atoms with Crippen LogP contribution in [0.5, 0.6) is 0 Å². The fourth-order valence-electron chi connectivity index (χ4n) is 1.64. The van der Waals surface area contributed by atoms with Crippen LogP contribution in [0.15, 0.2) is 59.5 Å². The number of nitrogens with one attached hydrogen (secondary N) is 2. The molecule has 114 valence electrons. The van der Waals surface area contributed by atoms with E-state index in [4.69, 9.17) is 11.6 Å². The van der Waals surface area contributed by atoms with Gasteiger partial charge >= 0.3 is 0 Å². The zero-order chi connectivity index (χ0) is 15.8. The summed E-state index contributed by atoms with van der Waals surface area (Å²) in [5.74, 6) is 0.0549. The molecule has 2 rings (SSSR count). The molecule has 2 aromatic rings. The molecule has 0 aliphatic heterocycles. The summed E-state index contributed by atoms with van der Waals surface area (Å²) in [7, 11) is 0. The van der Waals surface area contributed by atoms with Crippen LogP contribution in [0.3, 0.4) is 0 Å². The normalized spacial score (nSPS) is 10.0. The quantitative estimate of drug-likeness (QED) is 0.651. The van der Waals surface area contributed by atoms with E-state index in [2.05, 4.69) is 10.9 Å². The van der Waals surface area contributed by atoms with Crippen molar-refractivity contribution in [2.24, 2.45) is 0 Å². The second-order valence-corrected chi connectivity index (χ2v) is 6.03. The van der Waals surface area contributed by atoms with Gasteiger partial charge in [-0.15, -0.1) is 11.8 Å². The molecule has 0 unspecified atom stereocenters. The number of rotatable bonds is 5. The lowest BCUT2D eigenvalue weighted by Gasteiger charge is -2.07. The smallest absolute Gasteiger partial charge is 0.269 e. The highest BCUT2D eigenvalue weighted by Gasteiger charge is 2.06. The summed E-state index contributed by atoms with van der Waals surface area (Å²) >= 11 is 7.36. The summed E-state index contributed by atoms with van der Waals surface area (Å²) in [6.07, 6.45) is 0.308. The summed E-state index contributed by atoms with van der Waals surface area (Å²) in [5, 5.41) is 0.686. The number of thioether (sulfide) groups is 1. The molecule has 0 heterocycles. The molecule has 0 atom stereocenters. The molecular weight excluding hydrogens is 320 g/mol. The standard InChI is InChI=1S/C16H15ClN2O2S/c17-13-6-8-14(9-7-13)22-11-10-15(20)18-19-16(21)12-4-2-1-3-5-12/h1-9H,10-11H2,(H,18,20)(H,19,21). The maximum atomic E-state index is 11.7. The molecule has 2 aromatic carbocycles. The highest BCUT2D eigenvalue weighted by molar-refractivity contribution is 7.99.